The Balaban J connectivity index is 1.04. The van der Waals surface area contributed by atoms with Crippen molar-refractivity contribution < 1.29 is 19.1 Å². The predicted molar refractivity (Wildman–Crippen MR) is 182 cm³/mol. The van der Waals surface area contributed by atoms with Gasteiger partial charge in [0.05, 0.1) is 17.9 Å². The Morgan fingerprint density at radius 3 is 2.45 bits per heavy atom. The second kappa shape index (κ2) is 13.7. The fourth-order valence-corrected chi connectivity index (χ4v) is 8.59. The number of benzene rings is 2. The molecule has 0 aromatic heterocycles. The van der Waals surface area contributed by atoms with E-state index in [4.69, 9.17) is 16.3 Å². The Hall–Kier alpha value is -3.24. The maximum Gasteiger partial charge on any atom is 0.246 e. The second-order valence-corrected chi connectivity index (χ2v) is 14.4. The summed E-state index contributed by atoms with van der Waals surface area (Å²) in [4.78, 5) is 48.9. The van der Waals surface area contributed by atoms with Crippen molar-refractivity contribution in [3.05, 3.63) is 76.8 Å². The van der Waals surface area contributed by atoms with Gasteiger partial charge in [0.25, 0.3) is 0 Å². The number of amides is 3. The van der Waals surface area contributed by atoms with E-state index in [1.54, 1.807) is 11.0 Å². The molecule has 1 spiro atoms. The number of carbonyl (C=O) groups is 3. The van der Waals surface area contributed by atoms with Gasteiger partial charge in [0.15, 0.2) is 0 Å². The first-order valence-electron chi connectivity index (χ1n) is 17.4. The van der Waals surface area contributed by atoms with Crippen LogP contribution in [0.1, 0.15) is 49.7 Å². The van der Waals surface area contributed by atoms with E-state index >= 15 is 0 Å². The summed E-state index contributed by atoms with van der Waals surface area (Å²) in [7, 11) is 0. The highest BCUT2D eigenvalue weighted by Crippen LogP contribution is 2.55. The van der Waals surface area contributed by atoms with Crippen molar-refractivity contribution >= 4 is 35.0 Å². The van der Waals surface area contributed by atoms with Crippen LogP contribution in [0.2, 0.25) is 5.02 Å². The fraction of sp³-hybridized carbons (Fsp3) is 0.541. The number of nitrogens with zero attached hydrogens (tertiary/aromatic N) is 3. The highest BCUT2D eigenvalue weighted by Gasteiger charge is 2.72. The van der Waals surface area contributed by atoms with Crippen LogP contribution >= 0.6 is 11.6 Å². The number of hydrogen-bond donors (Lipinski definition) is 2. The SMILES string of the molecule is Cc1ccc(NC(=O)[C@@H]2[C@@H]3C=C[C@]4(O3)[C@@H]2C(=O)N(CCCN2CCN(Cc3ccccc3)CC2)[C@H]4C(=O)NC2CCCCC2)cc1Cl. The maximum absolute atomic E-state index is 14.4. The Bertz CT molecular complexity index is 1510. The molecule has 10 heteroatoms. The molecule has 0 unspecified atom stereocenters. The van der Waals surface area contributed by atoms with E-state index in [9.17, 15) is 14.4 Å². The van der Waals surface area contributed by atoms with Gasteiger partial charge in [-0.05, 0) is 56.0 Å². The number of carbonyl (C=O) groups excluding carboxylic acids is 3. The first kappa shape index (κ1) is 32.3. The molecule has 9 nitrogen and oxygen atoms in total. The van der Waals surface area contributed by atoms with Crippen molar-refractivity contribution in [3.63, 3.8) is 0 Å². The highest BCUT2D eigenvalue weighted by molar-refractivity contribution is 6.31. The molecule has 4 fully saturated rings. The molecule has 2 bridgehead atoms. The van der Waals surface area contributed by atoms with Gasteiger partial charge in [-0.25, -0.2) is 0 Å². The summed E-state index contributed by atoms with van der Waals surface area (Å²) in [5, 5.41) is 6.82. The Kier molecular flexibility index (Phi) is 9.42. The van der Waals surface area contributed by atoms with Gasteiger partial charge in [-0.3, -0.25) is 19.3 Å². The smallest absolute Gasteiger partial charge is 0.246 e. The van der Waals surface area contributed by atoms with Crippen LogP contribution < -0.4 is 10.6 Å². The molecule has 4 aliphatic heterocycles. The van der Waals surface area contributed by atoms with Crippen LogP contribution in [-0.2, 0) is 25.7 Å². The van der Waals surface area contributed by atoms with Gasteiger partial charge in [0.2, 0.25) is 17.7 Å². The van der Waals surface area contributed by atoms with Crippen LogP contribution in [0.25, 0.3) is 0 Å². The molecule has 3 saturated heterocycles. The van der Waals surface area contributed by atoms with E-state index in [0.717, 1.165) is 76.9 Å². The third-order valence-electron chi connectivity index (χ3n) is 10.9. The minimum absolute atomic E-state index is 0.101. The van der Waals surface area contributed by atoms with E-state index in [-0.39, 0.29) is 23.8 Å². The lowest BCUT2D eigenvalue weighted by Crippen LogP contribution is -2.56. The molecule has 2 N–H and O–H groups in total. The molecule has 1 saturated carbocycles. The monoisotopic (exact) mass is 659 g/mol. The van der Waals surface area contributed by atoms with E-state index in [1.165, 1.54) is 12.0 Å². The first-order valence-corrected chi connectivity index (χ1v) is 17.7. The van der Waals surface area contributed by atoms with Gasteiger partial charge in [0.1, 0.15) is 11.6 Å². The maximum atomic E-state index is 14.4. The number of anilines is 1. The number of rotatable bonds is 10. The summed E-state index contributed by atoms with van der Waals surface area (Å²) in [5.41, 5.74) is 1.66. The number of nitrogens with one attached hydrogen (secondary N) is 2. The number of likely N-dealkylation sites (tertiary alicyclic amines) is 1. The van der Waals surface area contributed by atoms with Crippen LogP contribution in [-0.4, -0.2) is 95.5 Å². The molecule has 0 radical (unpaired) electrons. The molecule has 3 amide bonds. The number of fused-ring (bicyclic) bond motifs is 1. The second-order valence-electron chi connectivity index (χ2n) is 14.0. The molecule has 5 atom stereocenters. The molecule has 250 valence electrons. The Labute approximate surface area is 282 Å². The standard InChI is InChI=1S/C37H46ClN5O4/c1-25-13-14-28(23-29(25)38)40-34(44)31-30-15-16-37(47-30)32(31)36(46)43(33(37)35(45)39-27-11-6-3-7-12-27)18-8-17-41-19-21-42(22-20-41)24-26-9-4-2-5-10-26/h2,4-5,9-10,13-16,23,27,30-33H,3,6-8,11-12,17-22,24H2,1H3,(H,39,45)(H,40,44)/t30-,31+,32-,33-,37-/m0/s1. The lowest BCUT2D eigenvalue weighted by Gasteiger charge is -2.36. The average Bonchev–Trinajstić information content (AvgIpc) is 3.72. The average molecular weight is 660 g/mol. The quantitative estimate of drug-likeness (QED) is 0.368. The number of aryl methyl sites for hydroxylation is 1. The zero-order valence-corrected chi connectivity index (χ0v) is 28.0. The van der Waals surface area contributed by atoms with Crippen molar-refractivity contribution in [3.8, 4) is 0 Å². The van der Waals surface area contributed by atoms with E-state index in [1.807, 2.05) is 37.3 Å². The zero-order valence-electron chi connectivity index (χ0n) is 27.2. The largest absolute Gasteiger partial charge is 0.359 e. The lowest BCUT2D eigenvalue weighted by molar-refractivity contribution is -0.141. The number of piperazine rings is 1. The Morgan fingerprint density at radius 1 is 0.957 bits per heavy atom. The van der Waals surface area contributed by atoms with Crippen LogP contribution in [0.15, 0.2) is 60.7 Å². The summed E-state index contributed by atoms with van der Waals surface area (Å²) in [6.07, 6.45) is 9.20. The van der Waals surface area contributed by atoms with Gasteiger partial charge in [-0.15, -0.1) is 0 Å². The molecule has 1 aliphatic carbocycles. The molecule has 47 heavy (non-hydrogen) atoms. The van der Waals surface area contributed by atoms with E-state index < -0.39 is 29.6 Å². The molecule has 4 heterocycles. The van der Waals surface area contributed by atoms with E-state index in [2.05, 4.69) is 44.7 Å². The summed E-state index contributed by atoms with van der Waals surface area (Å²) < 4.78 is 6.54. The lowest BCUT2D eigenvalue weighted by atomic mass is 9.74. The van der Waals surface area contributed by atoms with Crippen molar-refractivity contribution in [2.45, 2.75) is 75.8 Å². The normalized spacial score (nSPS) is 29.3. The van der Waals surface area contributed by atoms with Crippen LogP contribution in [0.3, 0.4) is 0 Å². The number of ether oxygens (including phenoxy) is 1. The van der Waals surface area contributed by atoms with E-state index in [0.29, 0.717) is 17.3 Å². The van der Waals surface area contributed by atoms with Gasteiger partial charge < -0.3 is 25.2 Å². The number of hydrogen-bond acceptors (Lipinski definition) is 6. The van der Waals surface area contributed by atoms with Gasteiger partial charge >= 0.3 is 0 Å². The summed E-state index contributed by atoms with van der Waals surface area (Å²) >= 11 is 6.33. The summed E-state index contributed by atoms with van der Waals surface area (Å²) in [5.74, 6) is -2.13. The molecule has 5 aliphatic rings. The third kappa shape index (κ3) is 6.47. The molecule has 7 rings (SSSR count). The molecule has 2 aromatic rings. The topological polar surface area (TPSA) is 94.2 Å². The minimum Gasteiger partial charge on any atom is -0.359 e. The Morgan fingerprint density at radius 2 is 1.70 bits per heavy atom. The predicted octanol–water partition coefficient (Wildman–Crippen LogP) is 4.39. The number of halogens is 1. The van der Waals surface area contributed by atoms with Crippen molar-refractivity contribution in [2.24, 2.45) is 11.8 Å². The highest BCUT2D eigenvalue weighted by atomic mass is 35.5. The first-order chi connectivity index (χ1) is 22.8. The van der Waals surface area contributed by atoms with Gasteiger partial charge in [-0.1, -0.05) is 79.4 Å². The summed E-state index contributed by atoms with van der Waals surface area (Å²) in [6, 6.07) is 15.2. The molecular formula is C37H46ClN5O4. The van der Waals surface area contributed by atoms with Crippen LogP contribution in [0.4, 0.5) is 5.69 Å². The van der Waals surface area contributed by atoms with Gasteiger partial charge in [0, 0.05) is 56.0 Å². The fourth-order valence-electron chi connectivity index (χ4n) is 8.41. The van der Waals surface area contributed by atoms with Crippen molar-refractivity contribution in [2.75, 3.05) is 44.6 Å². The third-order valence-corrected chi connectivity index (χ3v) is 11.3. The minimum atomic E-state index is -1.16. The molecular weight excluding hydrogens is 614 g/mol. The summed E-state index contributed by atoms with van der Waals surface area (Å²) in [6.45, 7) is 8.08. The molecule has 2 aromatic carbocycles. The van der Waals surface area contributed by atoms with Crippen LogP contribution in [0.5, 0.6) is 0 Å². The van der Waals surface area contributed by atoms with Crippen LogP contribution in [0, 0.1) is 18.8 Å². The van der Waals surface area contributed by atoms with Crippen molar-refractivity contribution in [1.29, 1.82) is 0 Å². The van der Waals surface area contributed by atoms with Gasteiger partial charge in [-0.2, -0.15) is 0 Å². The van der Waals surface area contributed by atoms with Crippen molar-refractivity contribution in [1.82, 2.24) is 20.0 Å². The zero-order chi connectivity index (χ0) is 32.5.